The number of hydrogen-bond acceptors (Lipinski definition) is 3. The molecule has 2 unspecified atom stereocenters. The second-order valence-corrected chi connectivity index (χ2v) is 14.6. The predicted octanol–water partition coefficient (Wildman–Crippen LogP) is 12.5. The third kappa shape index (κ3) is 5.93. The number of nitrogens with zero attached hydrogens (tertiary/aromatic N) is 3. The van der Waals surface area contributed by atoms with E-state index in [9.17, 15) is 0 Å². The molecule has 0 bridgehead atoms. The van der Waals surface area contributed by atoms with Crippen molar-refractivity contribution in [2.75, 3.05) is 0 Å². The van der Waals surface area contributed by atoms with Crippen LogP contribution in [0.2, 0.25) is 0 Å². The molecule has 3 heteroatoms. The number of pyridine rings is 1. The smallest absolute Gasteiger partial charge is 0.160 e. The number of aryl methyl sites for hydroxylation is 1. The van der Waals surface area contributed by atoms with Gasteiger partial charge in [0.05, 0.1) is 17.1 Å². The van der Waals surface area contributed by atoms with Crippen molar-refractivity contribution in [3.63, 3.8) is 0 Å². The van der Waals surface area contributed by atoms with Crippen molar-refractivity contribution in [1.82, 2.24) is 15.0 Å². The third-order valence-electron chi connectivity index (χ3n) is 11.4. The number of allylic oxidation sites excluding steroid dienone is 6. The summed E-state index contributed by atoms with van der Waals surface area (Å²) in [5, 5.41) is 2.89. The van der Waals surface area contributed by atoms with Crippen molar-refractivity contribution in [2.24, 2.45) is 0 Å². The molecule has 3 aliphatic rings. The Morgan fingerprint density at radius 3 is 2.28 bits per heavy atom. The van der Waals surface area contributed by atoms with Gasteiger partial charge in [-0.2, -0.15) is 0 Å². The van der Waals surface area contributed by atoms with E-state index in [1.807, 2.05) is 18.3 Å². The molecular formula is C50H39N3. The molecule has 254 valence electrons. The second kappa shape index (κ2) is 13.4. The maximum absolute atomic E-state index is 5.32. The summed E-state index contributed by atoms with van der Waals surface area (Å²) in [5.74, 6) is 1.67. The molecule has 5 aromatic carbocycles. The fourth-order valence-electron chi connectivity index (χ4n) is 8.85. The second-order valence-electron chi connectivity index (χ2n) is 14.6. The molecule has 10 rings (SSSR count). The van der Waals surface area contributed by atoms with Crippen LogP contribution in [0.4, 0.5) is 0 Å². The van der Waals surface area contributed by atoms with Crippen molar-refractivity contribution in [3.8, 4) is 45.0 Å². The van der Waals surface area contributed by atoms with Crippen molar-refractivity contribution < 1.29 is 0 Å². The van der Waals surface area contributed by atoms with E-state index >= 15 is 0 Å². The van der Waals surface area contributed by atoms with Gasteiger partial charge in [-0.3, -0.25) is 4.98 Å². The first-order chi connectivity index (χ1) is 26.2. The number of hydrogen-bond donors (Lipinski definition) is 0. The van der Waals surface area contributed by atoms with Gasteiger partial charge in [0, 0.05) is 28.8 Å². The summed E-state index contributed by atoms with van der Waals surface area (Å²) in [5.41, 5.74) is 15.5. The molecule has 0 spiro atoms. The summed E-state index contributed by atoms with van der Waals surface area (Å²) in [4.78, 5) is 15.2. The molecule has 0 saturated heterocycles. The highest BCUT2D eigenvalue weighted by molar-refractivity contribution is 5.92. The van der Waals surface area contributed by atoms with Gasteiger partial charge in [0.15, 0.2) is 5.82 Å². The van der Waals surface area contributed by atoms with Crippen LogP contribution in [-0.4, -0.2) is 15.0 Å². The first kappa shape index (κ1) is 31.5. The fourth-order valence-corrected chi connectivity index (χ4v) is 8.85. The van der Waals surface area contributed by atoms with Gasteiger partial charge in [0.2, 0.25) is 0 Å². The summed E-state index contributed by atoms with van der Waals surface area (Å²) < 4.78 is 0. The van der Waals surface area contributed by atoms with Crippen molar-refractivity contribution in [3.05, 3.63) is 192 Å². The molecule has 0 radical (unpaired) electrons. The lowest BCUT2D eigenvalue weighted by Crippen LogP contribution is -2.20. The maximum atomic E-state index is 5.32. The van der Waals surface area contributed by atoms with Crippen LogP contribution in [0.3, 0.4) is 0 Å². The zero-order chi connectivity index (χ0) is 35.1. The molecular weight excluding hydrogens is 643 g/mol. The molecule has 0 aliphatic heterocycles. The number of benzene rings is 5. The summed E-state index contributed by atoms with van der Waals surface area (Å²) in [6, 6.07) is 46.3. The van der Waals surface area contributed by atoms with Gasteiger partial charge in [-0.05, 0) is 118 Å². The van der Waals surface area contributed by atoms with E-state index in [1.54, 1.807) is 5.56 Å². The lowest BCUT2D eigenvalue weighted by atomic mass is 9.68. The monoisotopic (exact) mass is 681 g/mol. The third-order valence-corrected chi connectivity index (χ3v) is 11.4. The van der Waals surface area contributed by atoms with Crippen molar-refractivity contribution in [1.29, 1.82) is 0 Å². The first-order valence-electron chi connectivity index (χ1n) is 18.9. The van der Waals surface area contributed by atoms with Gasteiger partial charge >= 0.3 is 0 Å². The molecule has 7 aromatic rings. The highest BCUT2D eigenvalue weighted by Crippen LogP contribution is 2.50. The van der Waals surface area contributed by atoms with Crippen LogP contribution in [-0.2, 0) is 6.42 Å². The van der Waals surface area contributed by atoms with Crippen LogP contribution >= 0.6 is 0 Å². The maximum Gasteiger partial charge on any atom is 0.160 e. The van der Waals surface area contributed by atoms with Gasteiger partial charge in [-0.15, -0.1) is 0 Å². The SMILES string of the molecule is C1=CCC=C(c2cc(-c3ccccc3)nc(-c3cc(-c4ccc(-c5ccccn5)cc4)cc(C4CCC5CCc6cccc7ccc4c5c67)c3)n2)C=C1. The Labute approximate surface area is 311 Å². The topological polar surface area (TPSA) is 38.7 Å². The lowest BCUT2D eigenvalue weighted by molar-refractivity contribution is 0.488. The Hall–Kier alpha value is -6.19. The van der Waals surface area contributed by atoms with E-state index in [0.717, 1.165) is 58.0 Å². The molecule has 0 fully saturated rings. The van der Waals surface area contributed by atoms with Gasteiger partial charge in [-0.25, -0.2) is 9.97 Å². The summed E-state index contributed by atoms with van der Waals surface area (Å²) in [6.07, 6.45) is 18.3. The summed E-state index contributed by atoms with van der Waals surface area (Å²) in [7, 11) is 0. The predicted molar refractivity (Wildman–Crippen MR) is 219 cm³/mol. The molecule has 3 nitrogen and oxygen atoms in total. The van der Waals surface area contributed by atoms with E-state index in [0.29, 0.717) is 11.8 Å². The Morgan fingerprint density at radius 1 is 0.566 bits per heavy atom. The normalized spacial score (nSPS) is 17.4. The number of rotatable bonds is 6. The van der Waals surface area contributed by atoms with Crippen molar-refractivity contribution in [2.45, 2.75) is 43.9 Å². The van der Waals surface area contributed by atoms with Gasteiger partial charge < -0.3 is 0 Å². The molecule has 0 N–H and O–H groups in total. The average Bonchev–Trinajstić information content (AvgIpc) is 3.53. The largest absolute Gasteiger partial charge is 0.256 e. The van der Waals surface area contributed by atoms with Gasteiger partial charge in [0.1, 0.15) is 0 Å². The minimum atomic E-state index is 0.290. The molecule has 53 heavy (non-hydrogen) atoms. The quantitative estimate of drug-likeness (QED) is 0.175. The van der Waals surface area contributed by atoms with Gasteiger partial charge in [0.25, 0.3) is 0 Å². The van der Waals surface area contributed by atoms with Crippen LogP contribution in [0.25, 0.3) is 61.4 Å². The highest BCUT2D eigenvalue weighted by Gasteiger charge is 2.33. The van der Waals surface area contributed by atoms with E-state index in [4.69, 9.17) is 9.97 Å². The van der Waals surface area contributed by atoms with Crippen LogP contribution in [0.15, 0.2) is 164 Å². The highest BCUT2D eigenvalue weighted by atomic mass is 14.9. The Balaban J connectivity index is 1.16. The number of aromatic nitrogens is 3. The molecule has 3 aliphatic carbocycles. The zero-order valence-electron chi connectivity index (χ0n) is 29.6. The van der Waals surface area contributed by atoms with E-state index in [2.05, 4.69) is 151 Å². The summed E-state index contributed by atoms with van der Waals surface area (Å²) >= 11 is 0. The van der Waals surface area contributed by atoms with Crippen LogP contribution in [0, 0.1) is 0 Å². The molecule has 0 saturated carbocycles. The Morgan fingerprint density at radius 2 is 1.40 bits per heavy atom. The molecule has 2 heterocycles. The van der Waals surface area contributed by atoms with E-state index in [-0.39, 0.29) is 0 Å². The molecule has 2 atom stereocenters. The van der Waals surface area contributed by atoms with Gasteiger partial charge in [-0.1, -0.05) is 127 Å². The first-order valence-corrected chi connectivity index (χ1v) is 18.9. The van der Waals surface area contributed by atoms with E-state index < -0.39 is 0 Å². The minimum Gasteiger partial charge on any atom is -0.256 e. The lowest BCUT2D eigenvalue weighted by Gasteiger charge is -2.36. The molecule has 0 amide bonds. The Kier molecular flexibility index (Phi) is 7.98. The van der Waals surface area contributed by atoms with Crippen LogP contribution in [0.5, 0.6) is 0 Å². The van der Waals surface area contributed by atoms with Crippen LogP contribution < -0.4 is 0 Å². The van der Waals surface area contributed by atoms with Crippen molar-refractivity contribution >= 4 is 16.3 Å². The van der Waals surface area contributed by atoms with Crippen LogP contribution in [0.1, 0.15) is 65.5 Å². The van der Waals surface area contributed by atoms with E-state index in [1.165, 1.54) is 57.9 Å². The standard InChI is InChI=1S/C50H39N3/c1-2-5-12-34(11-4-1)46-32-47(35-13-6-3-7-14-35)53-50(52-46)42-30-40(33-18-20-36(21-19-33)45-17-8-9-28-51-45)29-41(31-42)43-26-24-39-23-22-37-15-10-16-38-25-27-44(43)49(39)48(37)38/h1-4,6-21,25,27-32,39,43H,5,22-24,26H2. The fraction of sp³-hybridized carbons (Fsp3) is 0.140. The Bertz CT molecular complexity index is 2580. The zero-order valence-corrected chi connectivity index (χ0v) is 29.6. The summed E-state index contributed by atoms with van der Waals surface area (Å²) in [6.45, 7) is 0. The molecule has 2 aromatic heterocycles. The average molecular weight is 682 g/mol. The minimum absolute atomic E-state index is 0.290.